The first kappa shape index (κ1) is 22.8. The molecule has 2 aliphatic carbocycles. The quantitative estimate of drug-likeness (QED) is 0.272. The van der Waals surface area contributed by atoms with Crippen molar-refractivity contribution in [2.75, 3.05) is 0 Å². The Balaban J connectivity index is 1.61. The van der Waals surface area contributed by atoms with Crippen LogP contribution >= 0.6 is 0 Å². The molecule has 27 heavy (non-hydrogen) atoms. The summed E-state index contributed by atoms with van der Waals surface area (Å²) < 4.78 is 5.76. The van der Waals surface area contributed by atoms with Crippen molar-refractivity contribution in [2.45, 2.75) is 130 Å². The van der Waals surface area contributed by atoms with E-state index in [-0.39, 0.29) is 18.0 Å². The number of esters is 1. The van der Waals surface area contributed by atoms with E-state index >= 15 is 0 Å². The second kappa shape index (κ2) is 12.8. The standard InChI is InChI=1S/C25H46O2/c1-4-6-8-9-10-20(3)27-25(26)24-18-16-23(17-19-24)22-14-12-21(13-15-22)11-7-5-2/h20-24H,4-19H2,1-3H3. The van der Waals surface area contributed by atoms with Crippen LogP contribution in [0.15, 0.2) is 0 Å². The zero-order valence-electron chi connectivity index (χ0n) is 18.5. The van der Waals surface area contributed by atoms with E-state index in [2.05, 4.69) is 20.8 Å². The average Bonchev–Trinajstić information content (AvgIpc) is 2.70. The first-order valence-electron chi connectivity index (χ1n) is 12.3. The molecule has 2 heteroatoms. The summed E-state index contributed by atoms with van der Waals surface area (Å²) in [7, 11) is 0. The molecule has 158 valence electrons. The molecule has 0 aromatic rings. The van der Waals surface area contributed by atoms with Gasteiger partial charge < -0.3 is 4.74 Å². The van der Waals surface area contributed by atoms with Crippen molar-refractivity contribution < 1.29 is 9.53 Å². The van der Waals surface area contributed by atoms with Gasteiger partial charge in [0.15, 0.2) is 0 Å². The Kier molecular flexibility index (Phi) is 10.8. The van der Waals surface area contributed by atoms with Crippen molar-refractivity contribution in [1.29, 1.82) is 0 Å². The number of hydrogen-bond acceptors (Lipinski definition) is 2. The van der Waals surface area contributed by atoms with E-state index in [1.54, 1.807) is 0 Å². The maximum Gasteiger partial charge on any atom is 0.309 e. The molecule has 1 unspecified atom stereocenters. The molecular formula is C25H46O2. The zero-order chi connectivity index (χ0) is 19.5. The molecule has 2 aliphatic rings. The molecule has 2 saturated carbocycles. The minimum atomic E-state index is 0.0970. The van der Waals surface area contributed by atoms with Gasteiger partial charge in [0.1, 0.15) is 0 Å². The highest BCUT2D eigenvalue weighted by Gasteiger charge is 2.33. The normalized spacial score (nSPS) is 30.0. The van der Waals surface area contributed by atoms with Crippen molar-refractivity contribution >= 4 is 5.97 Å². The van der Waals surface area contributed by atoms with Gasteiger partial charge in [0.25, 0.3) is 0 Å². The molecule has 2 nitrogen and oxygen atoms in total. The fourth-order valence-electron chi connectivity index (χ4n) is 5.48. The number of ether oxygens (including phenoxy) is 1. The van der Waals surface area contributed by atoms with Crippen LogP contribution in [0.3, 0.4) is 0 Å². The van der Waals surface area contributed by atoms with Gasteiger partial charge in [-0.05, 0) is 76.0 Å². The smallest absolute Gasteiger partial charge is 0.309 e. The number of carbonyl (C=O) groups is 1. The number of rotatable bonds is 11. The van der Waals surface area contributed by atoms with Crippen molar-refractivity contribution in [3.63, 3.8) is 0 Å². The van der Waals surface area contributed by atoms with E-state index in [1.165, 1.54) is 83.5 Å². The molecule has 0 N–H and O–H groups in total. The highest BCUT2D eigenvalue weighted by atomic mass is 16.5. The molecule has 0 spiro atoms. The maximum absolute atomic E-state index is 12.5. The number of unbranched alkanes of at least 4 members (excludes halogenated alkanes) is 4. The topological polar surface area (TPSA) is 26.3 Å². The van der Waals surface area contributed by atoms with E-state index < -0.39 is 0 Å². The number of hydrogen-bond donors (Lipinski definition) is 0. The molecule has 0 aromatic heterocycles. The van der Waals surface area contributed by atoms with Gasteiger partial charge in [-0.1, -0.05) is 65.2 Å². The summed E-state index contributed by atoms with van der Waals surface area (Å²) in [5.41, 5.74) is 0. The first-order valence-corrected chi connectivity index (χ1v) is 12.3. The molecule has 0 radical (unpaired) electrons. The fraction of sp³-hybridized carbons (Fsp3) is 0.960. The molecular weight excluding hydrogens is 332 g/mol. The largest absolute Gasteiger partial charge is 0.462 e. The van der Waals surface area contributed by atoms with Gasteiger partial charge >= 0.3 is 5.97 Å². The Bertz CT molecular complexity index is 389. The van der Waals surface area contributed by atoms with Crippen LogP contribution in [-0.2, 0) is 9.53 Å². The molecule has 2 fully saturated rings. The Labute approximate surface area is 169 Å². The third kappa shape index (κ3) is 8.16. The van der Waals surface area contributed by atoms with Crippen LogP contribution in [0, 0.1) is 23.7 Å². The van der Waals surface area contributed by atoms with Gasteiger partial charge in [0.2, 0.25) is 0 Å². The molecule has 0 saturated heterocycles. The van der Waals surface area contributed by atoms with E-state index in [1.807, 2.05) is 0 Å². The van der Waals surface area contributed by atoms with E-state index in [4.69, 9.17) is 4.74 Å². The van der Waals surface area contributed by atoms with Gasteiger partial charge in [-0.2, -0.15) is 0 Å². The fourth-order valence-corrected chi connectivity index (χ4v) is 5.48. The molecule has 0 amide bonds. The Morgan fingerprint density at radius 1 is 0.815 bits per heavy atom. The van der Waals surface area contributed by atoms with Gasteiger partial charge in [-0.3, -0.25) is 4.79 Å². The Morgan fingerprint density at radius 3 is 2.00 bits per heavy atom. The highest BCUT2D eigenvalue weighted by Crippen LogP contribution is 2.42. The number of carbonyl (C=O) groups excluding carboxylic acids is 1. The summed E-state index contributed by atoms with van der Waals surface area (Å²) in [5, 5.41) is 0. The van der Waals surface area contributed by atoms with Crippen molar-refractivity contribution in [1.82, 2.24) is 0 Å². The highest BCUT2D eigenvalue weighted by molar-refractivity contribution is 5.72. The van der Waals surface area contributed by atoms with E-state index in [0.29, 0.717) is 0 Å². The second-order valence-corrected chi connectivity index (χ2v) is 9.63. The van der Waals surface area contributed by atoms with Crippen molar-refractivity contribution in [2.24, 2.45) is 23.7 Å². The third-order valence-electron chi connectivity index (χ3n) is 7.41. The lowest BCUT2D eigenvalue weighted by atomic mass is 9.68. The summed E-state index contributed by atoms with van der Waals surface area (Å²) in [5.74, 6) is 3.11. The van der Waals surface area contributed by atoms with Crippen LogP contribution in [0.4, 0.5) is 0 Å². The summed E-state index contributed by atoms with van der Waals surface area (Å²) in [4.78, 5) is 12.5. The minimum absolute atomic E-state index is 0.0970. The van der Waals surface area contributed by atoms with E-state index in [0.717, 1.165) is 37.0 Å². The van der Waals surface area contributed by atoms with Crippen LogP contribution in [0.2, 0.25) is 0 Å². The predicted molar refractivity (Wildman–Crippen MR) is 115 cm³/mol. The van der Waals surface area contributed by atoms with Crippen LogP contribution < -0.4 is 0 Å². The van der Waals surface area contributed by atoms with Crippen LogP contribution in [0.25, 0.3) is 0 Å². The zero-order valence-corrected chi connectivity index (χ0v) is 18.5. The van der Waals surface area contributed by atoms with Gasteiger partial charge in [0, 0.05) is 0 Å². The van der Waals surface area contributed by atoms with Gasteiger partial charge in [0.05, 0.1) is 12.0 Å². The van der Waals surface area contributed by atoms with Crippen LogP contribution in [0.1, 0.15) is 124 Å². The lowest BCUT2D eigenvalue weighted by Crippen LogP contribution is -2.30. The predicted octanol–water partition coefficient (Wildman–Crippen LogP) is 7.69. The Hall–Kier alpha value is -0.530. The first-order chi connectivity index (χ1) is 13.1. The van der Waals surface area contributed by atoms with Gasteiger partial charge in [-0.15, -0.1) is 0 Å². The van der Waals surface area contributed by atoms with E-state index in [9.17, 15) is 4.79 Å². The van der Waals surface area contributed by atoms with Gasteiger partial charge in [-0.25, -0.2) is 0 Å². The summed E-state index contributed by atoms with van der Waals surface area (Å²) in [6.07, 6.45) is 20.8. The summed E-state index contributed by atoms with van der Waals surface area (Å²) >= 11 is 0. The molecule has 0 heterocycles. The molecule has 0 aromatic carbocycles. The second-order valence-electron chi connectivity index (χ2n) is 9.63. The molecule has 0 bridgehead atoms. The average molecular weight is 379 g/mol. The van der Waals surface area contributed by atoms with Crippen LogP contribution in [-0.4, -0.2) is 12.1 Å². The lowest BCUT2D eigenvalue weighted by molar-refractivity contribution is -0.155. The van der Waals surface area contributed by atoms with Crippen LogP contribution in [0.5, 0.6) is 0 Å². The maximum atomic E-state index is 12.5. The summed E-state index contributed by atoms with van der Waals surface area (Å²) in [6.45, 7) is 6.62. The van der Waals surface area contributed by atoms with Crippen molar-refractivity contribution in [3.8, 4) is 0 Å². The Morgan fingerprint density at radius 2 is 1.41 bits per heavy atom. The summed E-state index contributed by atoms with van der Waals surface area (Å²) in [6, 6.07) is 0. The minimum Gasteiger partial charge on any atom is -0.462 e. The molecule has 1 atom stereocenters. The SMILES string of the molecule is CCCCCCC(C)OC(=O)C1CCC(C2CCC(CCCC)CC2)CC1. The monoisotopic (exact) mass is 378 g/mol. The van der Waals surface area contributed by atoms with Crippen molar-refractivity contribution in [3.05, 3.63) is 0 Å². The molecule has 2 rings (SSSR count). The molecule has 0 aliphatic heterocycles. The lowest BCUT2D eigenvalue weighted by Gasteiger charge is -2.37. The third-order valence-corrected chi connectivity index (χ3v) is 7.41.